The van der Waals surface area contributed by atoms with Gasteiger partial charge >= 0.3 is 6.03 Å². The van der Waals surface area contributed by atoms with E-state index >= 15 is 0 Å². The van der Waals surface area contributed by atoms with Crippen LogP contribution in [0.1, 0.15) is 17.0 Å². The van der Waals surface area contributed by atoms with Gasteiger partial charge in [0.25, 0.3) is 0 Å². The molecular weight excluding hydrogens is 405 g/mol. The largest absolute Gasteiger partial charge is 0.349 e. The van der Waals surface area contributed by atoms with E-state index < -0.39 is 0 Å². The molecule has 7 heteroatoms. The topological polar surface area (TPSA) is 82.7 Å². The Bertz CT molecular complexity index is 1240. The molecule has 0 aliphatic rings. The molecule has 4 aromatic rings. The minimum atomic E-state index is -0.314. The van der Waals surface area contributed by atoms with Gasteiger partial charge in [0.05, 0.1) is 0 Å². The van der Waals surface area contributed by atoms with E-state index in [2.05, 4.69) is 37.4 Å². The van der Waals surface area contributed by atoms with Crippen molar-refractivity contribution in [3.8, 4) is 23.0 Å². The van der Waals surface area contributed by atoms with Gasteiger partial charge in [-0.3, -0.25) is 4.98 Å². The Morgan fingerprint density at radius 1 is 1.00 bits per heavy atom. The van der Waals surface area contributed by atoms with Crippen molar-refractivity contribution < 1.29 is 9.18 Å². The van der Waals surface area contributed by atoms with Crippen molar-refractivity contribution in [1.29, 1.82) is 0 Å². The molecule has 4 rings (SSSR count). The number of nitrogens with zero attached hydrogens (tertiary/aromatic N) is 2. The number of H-pyrrole nitrogens is 1. The number of benzene rings is 2. The van der Waals surface area contributed by atoms with Crippen LogP contribution in [-0.4, -0.2) is 27.5 Å². The third kappa shape index (κ3) is 5.58. The van der Waals surface area contributed by atoms with Crippen LogP contribution in [0.5, 0.6) is 0 Å². The van der Waals surface area contributed by atoms with Gasteiger partial charge in [-0.05, 0) is 59.7 Å². The maximum absolute atomic E-state index is 13.2. The summed E-state index contributed by atoms with van der Waals surface area (Å²) in [6.07, 6.45) is 7.45. The molecule has 2 aromatic heterocycles. The average Bonchev–Trinajstić information content (AvgIpc) is 3.33. The van der Waals surface area contributed by atoms with Gasteiger partial charge in [0, 0.05) is 54.6 Å². The zero-order chi connectivity index (χ0) is 22.2. The molecule has 0 radical (unpaired) electrons. The molecule has 0 spiro atoms. The van der Waals surface area contributed by atoms with Crippen LogP contribution in [0.25, 0.3) is 11.1 Å². The molecule has 0 atom stereocenters. The minimum absolute atomic E-state index is 0.308. The van der Waals surface area contributed by atoms with Crippen LogP contribution in [0.15, 0.2) is 79.4 Å². The molecule has 0 saturated carbocycles. The van der Waals surface area contributed by atoms with Gasteiger partial charge in [-0.15, -0.1) is 0 Å². The van der Waals surface area contributed by atoms with Crippen LogP contribution in [0, 0.1) is 17.7 Å². The summed E-state index contributed by atoms with van der Waals surface area (Å²) in [6.45, 7) is 0.450. The fourth-order valence-electron chi connectivity index (χ4n) is 3.09. The number of carbonyl (C=O) groups is 1. The second kappa shape index (κ2) is 10.0. The molecule has 0 saturated heterocycles. The molecule has 0 unspecified atom stereocenters. The summed E-state index contributed by atoms with van der Waals surface area (Å²) in [5, 5.41) is 5.64. The molecule has 3 N–H and O–H groups in total. The zero-order valence-corrected chi connectivity index (χ0v) is 17.1. The Morgan fingerprint density at radius 3 is 2.56 bits per heavy atom. The van der Waals surface area contributed by atoms with Crippen LogP contribution in [0.4, 0.5) is 14.9 Å². The number of carbonyl (C=O) groups excluding carboxylic acids is 1. The first-order chi connectivity index (χ1) is 15.7. The zero-order valence-electron chi connectivity index (χ0n) is 17.1. The Hall–Kier alpha value is -4.44. The normalized spacial score (nSPS) is 10.2. The molecule has 0 bridgehead atoms. The number of hydrogen-bond acceptors (Lipinski definition) is 3. The molecule has 32 heavy (non-hydrogen) atoms. The monoisotopic (exact) mass is 425 g/mol. The highest BCUT2D eigenvalue weighted by Crippen LogP contribution is 2.25. The van der Waals surface area contributed by atoms with Crippen LogP contribution < -0.4 is 10.6 Å². The number of amides is 2. The Morgan fingerprint density at radius 2 is 1.81 bits per heavy atom. The van der Waals surface area contributed by atoms with Crippen molar-refractivity contribution >= 4 is 11.7 Å². The Labute approximate surface area is 185 Å². The van der Waals surface area contributed by atoms with Crippen LogP contribution >= 0.6 is 0 Å². The van der Waals surface area contributed by atoms with Crippen LogP contribution in [0.3, 0.4) is 0 Å². The Balaban J connectivity index is 1.53. The minimum Gasteiger partial charge on any atom is -0.349 e. The van der Waals surface area contributed by atoms with Crippen molar-refractivity contribution in [1.82, 2.24) is 20.3 Å². The summed E-state index contributed by atoms with van der Waals surface area (Å²) < 4.78 is 13.2. The molecule has 0 aliphatic heterocycles. The summed E-state index contributed by atoms with van der Waals surface area (Å²) in [5.41, 5.74) is 3.90. The smallest absolute Gasteiger partial charge is 0.319 e. The van der Waals surface area contributed by atoms with Crippen molar-refractivity contribution in [2.45, 2.75) is 6.42 Å². The lowest BCUT2D eigenvalue weighted by molar-refractivity contribution is 0.252. The van der Waals surface area contributed by atoms with Crippen molar-refractivity contribution in [2.75, 3.05) is 11.9 Å². The summed E-state index contributed by atoms with van der Waals surface area (Å²) in [7, 11) is 0. The van der Waals surface area contributed by atoms with E-state index in [4.69, 9.17) is 0 Å². The number of rotatable bonds is 5. The number of nitrogens with one attached hydrogen (secondary N) is 3. The molecule has 2 amide bonds. The SMILES string of the molecule is O=C(NCCc1ncc[nH]1)Nc1ccc(-c2ccncc2)c(C#Cc2ccc(F)cc2)c1. The van der Waals surface area contributed by atoms with Gasteiger partial charge in [-0.1, -0.05) is 17.9 Å². The number of imidazole rings is 1. The molecule has 6 nitrogen and oxygen atoms in total. The molecule has 0 fully saturated rings. The quantitative estimate of drug-likeness (QED) is 0.415. The standard InChI is InChI=1S/C25H20FN5O/c26-21-5-2-18(3-6-21)1-4-20-17-22(7-8-23(20)19-9-12-27-13-10-19)31-25(32)30-14-11-24-28-15-16-29-24/h2-3,5-10,12-13,15-17H,11,14H2,(H,28,29)(H2,30,31,32). The van der Waals surface area contributed by atoms with E-state index in [-0.39, 0.29) is 11.8 Å². The van der Waals surface area contributed by atoms with E-state index in [1.165, 1.54) is 12.1 Å². The summed E-state index contributed by atoms with van der Waals surface area (Å²) in [6, 6.07) is 15.0. The van der Waals surface area contributed by atoms with Gasteiger partial charge in [0.1, 0.15) is 11.6 Å². The number of hydrogen-bond donors (Lipinski definition) is 3. The second-order valence-electron chi connectivity index (χ2n) is 6.92. The predicted molar refractivity (Wildman–Crippen MR) is 121 cm³/mol. The van der Waals surface area contributed by atoms with E-state index in [0.717, 1.165) is 22.5 Å². The highest BCUT2D eigenvalue weighted by molar-refractivity contribution is 5.90. The second-order valence-corrected chi connectivity index (χ2v) is 6.92. The average molecular weight is 425 g/mol. The lowest BCUT2D eigenvalue weighted by Gasteiger charge is -2.10. The number of aromatic amines is 1. The first-order valence-corrected chi connectivity index (χ1v) is 10.0. The van der Waals surface area contributed by atoms with Gasteiger partial charge in [-0.2, -0.15) is 0 Å². The number of anilines is 1. The van der Waals surface area contributed by atoms with Gasteiger partial charge in [0.2, 0.25) is 0 Å². The summed E-state index contributed by atoms with van der Waals surface area (Å²) in [4.78, 5) is 23.5. The maximum Gasteiger partial charge on any atom is 0.319 e. The molecule has 158 valence electrons. The lowest BCUT2D eigenvalue weighted by Crippen LogP contribution is -2.30. The van der Waals surface area contributed by atoms with Crippen molar-refractivity contribution in [2.24, 2.45) is 0 Å². The number of urea groups is 1. The first kappa shape index (κ1) is 20.8. The molecule has 2 heterocycles. The summed E-state index contributed by atoms with van der Waals surface area (Å²) >= 11 is 0. The van der Waals surface area contributed by atoms with E-state index in [1.54, 1.807) is 36.9 Å². The number of halogens is 1. The molecule has 0 aliphatic carbocycles. The maximum atomic E-state index is 13.2. The predicted octanol–water partition coefficient (Wildman–Crippen LogP) is 4.37. The molecular formula is C25H20FN5O. The van der Waals surface area contributed by atoms with Gasteiger partial charge < -0.3 is 15.6 Å². The highest BCUT2D eigenvalue weighted by atomic mass is 19.1. The number of aromatic nitrogens is 3. The van der Waals surface area contributed by atoms with Gasteiger partial charge in [0.15, 0.2) is 0 Å². The Kier molecular flexibility index (Phi) is 6.54. The number of pyridine rings is 1. The third-order valence-corrected chi connectivity index (χ3v) is 4.66. The summed E-state index contributed by atoms with van der Waals surface area (Å²) in [5.74, 6) is 6.71. The van der Waals surface area contributed by atoms with Crippen molar-refractivity contribution in [3.05, 3.63) is 102 Å². The van der Waals surface area contributed by atoms with Gasteiger partial charge in [-0.25, -0.2) is 14.2 Å². The fourth-order valence-corrected chi connectivity index (χ4v) is 3.09. The van der Waals surface area contributed by atoms with E-state index in [0.29, 0.717) is 24.2 Å². The van der Waals surface area contributed by atoms with E-state index in [9.17, 15) is 9.18 Å². The highest BCUT2D eigenvalue weighted by Gasteiger charge is 2.08. The third-order valence-electron chi connectivity index (χ3n) is 4.66. The fraction of sp³-hybridized carbons (Fsp3) is 0.0800. The molecule has 2 aromatic carbocycles. The van der Waals surface area contributed by atoms with Crippen molar-refractivity contribution in [3.63, 3.8) is 0 Å². The lowest BCUT2D eigenvalue weighted by atomic mass is 10.00. The van der Waals surface area contributed by atoms with Crippen LogP contribution in [0.2, 0.25) is 0 Å². The van der Waals surface area contributed by atoms with E-state index in [1.807, 2.05) is 30.3 Å². The first-order valence-electron chi connectivity index (χ1n) is 10.0. The van der Waals surface area contributed by atoms with Crippen LogP contribution in [-0.2, 0) is 6.42 Å².